The fourth-order valence-electron chi connectivity index (χ4n) is 3.34. The summed E-state index contributed by atoms with van der Waals surface area (Å²) in [6, 6.07) is 11.3. The number of aliphatic hydroxyl groups is 2. The van der Waals surface area contributed by atoms with Crippen molar-refractivity contribution in [1.82, 2.24) is 4.90 Å². The lowest BCUT2D eigenvalue weighted by Crippen LogP contribution is -2.35. The Bertz CT molecular complexity index is 1000. The van der Waals surface area contributed by atoms with Crippen LogP contribution in [0.1, 0.15) is 23.6 Å². The van der Waals surface area contributed by atoms with Crippen LogP contribution in [0.3, 0.4) is 0 Å². The van der Waals surface area contributed by atoms with E-state index in [-0.39, 0.29) is 24.4 Å². The third-order valence-electron chi connectivity index (χ3n) is 5.04. The fraction of sp³-hybridized carbons (Fsp3) is 0.333. The Hall–Kier alpha value is -3.07. The normalized spacial score (nSPS) is 15.6. The molecule has 0 bridgehead atoms. The maximum Gasteiger partial charge on any atom is 0.343 e. The van der Waals surface area contributed by atoms with E-state index in [9.17, 15) is 19.4 Å². The van der Waals surface area contributed by atoms with Crippen molar-refractivity contribution in [1.29, 1.82) is 0 Å². The molecule has 32 heavy (non-hydrogen) atoms. The Kier molecular flexibility index (Phi) is 8.49. The van der Waals surface area contributed by atoms with Gasteiger partial charge in [-0.05, 0) is 30.7 Å². The van der Waals surface area contributed by atoms with Crippen LogP contribution in [0.15, 0.2) is 53.0 Å². The summed E-state index contributed by atoms with van der Waals surface area (Å²) in [7, 11) is 0. The summed E-state index contributed by atoms with van der Waals surface area (Å²) in [6.07, 6.45) is 1.13. The van der Waals surface area contributed by atoms with Gasteiger partial charge in [-0.1, -0.05) is 24.3 Å². The second-order valence-corrected chi connectivity index (χ2v) is 7.23. The van der Waals surface area contributed by atoms with E-state index in [4.69, 9.17) is 9.47 Å². The smallest absolute Gasteiger partial charge is 0.343 e. The number of para-hydroxylation sites is 1. The van der Waals surface area contributed by atoms with Gasteiger partial charge in [0.2, 0.25) is 0 Å². The number of ether oxygens (including phenoxy) is 2. The number of esters is 1. The van der Waals surface area contributed by atoms with E-state index in [0.717, 1.165) is 24.9 Å². The van der Waals surface area contributed by atoms with E-state index in [1.807, 2.05) is 0 Å². The lowest BCUT2D eigenvalue weighted by molar-refractivity contribution is -0.137. The molecular weight excluding hydrogens is 415 g/mol. The average molecular weight is 442 g/mol. The number of hydrogen-bond donors (Lipinski definition) is 2. The van der Waals surface area contributed by atoms with E-state index in [2.05, 4.69) is 9.89 Å². The molecule has 1 heterocycles. The van der Waals surface area contributed by atoms with Gasteiger partial charge in [0.1, 0.15) is 17.1 Å². The summed E-state index contributed by atoms with van der Waals surface area (Å²) in [4.78, 5) is 18.9. The van der Waals surface area contributed by atoms with Gasteiger partial charge in [0.05, 0.1) is 37.7 Å². The number of carbonyl (C=O) groups excluding carboxylic acids is 1. The quantitative estimate of drug-likeness (QED) is 0.282. The molecule has 0 unspecified atom stereocenters. The van der Waals surface area contributed by atoms with Gasteiger partial charge in [0.15, 0.2) is 0 Å². The Balaban J connectivity index is 1.97. The Labute approximate surface area is 186 Å². The molecule has 0 aromatic heterocycles. The van der Waals surface area contributed by atoms with Gasteiger partial charge in [-0.3, -0.25) is 9.89 Å². The van der Waals surface area contributed by atoms with Crippen LogP contribution in [0, 0.1) is 5.82 Å². The number of hydrogen-bond acceptors (Lipinski definition) is 7. The molecule has 2 N–H and O–H groups in total. The summed E-state index contributed by atoms with van der Waals surface area (Å²) >= 11 is 0. The van der Waals surface area contributed by atoms with E-state index in [1.165, 1.54) is 12.1 Å². The van der Waals surface area contributed by atoms with Gasteiger partial charge in [0, 0.05) is 31.4 Å². The van der Waals surface area contributed by atoms with Crippen LogP contribution in [-0.2, 0) is 27.4 Å². The van der Waals surface area contributed by atoms with Crippen molar-refractivity contribution in [2.24, 2.45) is 4.99 Å². The largest absolute Gasteiger partial charge is 0.506 e. The Morgan fingerprint density at radius 2 is 2.00 bits per heavy atom. The zero-order valence-electron chi connectivity index (χ0n) is 18.0. The van der Waals surface area contributed by atoms with Crippen molar-refractivity contribution in [2.75, 3.05) is 32.9 Å². The molecule has 8 heteroatoms. The van der Waals surface area contributed by atoms with Gasteiger partial charge < -0.3 is 19.7 Å². The minimum absolute atomic E-state index is 0.0796. The van der Waals surface area contributed by atoms with Gasteiger partial charge in [-0.2, -0.15) is 0 Å². The van der Waals surface area contributed by atoms with Crippen molar-refractivity contribution >= 4 is 23.6 Å². The van der Waals surface area contributed by atoms with Crippen LogP contribution < -0.4 is 0 Å². The molecule has 0 atom stereocenters. The Morgan fingerprint density at radius 3 is 2.72 bits per heavy atom. The van der Waals surface area contributed by atoms with Crippen molar-refractivity contribution in [3.63, 3.8) is 0 Å². The van der Waals surface area contributed by atoms with Gasteiger partial charge in [-0.15, -0.1) is 0 Å². The van der Waals surface area contributed by atoms with Crippen molar-refractivity contribution in [2.45, 2.75) is 20.1 Å². The van der Waals surface area contributed by atoms with Gasteiger partial charge in [0.25, 0.3) is 0 Å². The lowest BCUT2D eigenvalue weighted by Gasteiger charge is -2.26. The third kappa shape index (κ3) is 6.00. The first-order valence-corrected chi connectivity index (χ1v) is 10.5. The number of nitrogens with zero attached hydrogens (tertiary/aromatic N) is 2. The van der Waals surface area contributed by atoms with Gasteiger partial charge in [-0.25, -0.2) is 9.18 Å². The first-order valence-electron chi connectivity index (χ1n) is 10.5. The standard InChI is InChI=1S/C24H27FN2O5/c1-2-32-24(30)20(14-26-22-6-4-3-5-18(22)16-28)23(29)19-13-17(7-8-21(19)25)15-27-9-11-31-12-10-27/h3-8,13-14,28-29H,2,9-12,15-16H2,1H3. The number of aliphatic imine (C=N–C) groups is 1. The molecule has 0 spiro atoms. The zero-order chi connectivity index (χ0) is 22.9. The first kappa shape index (κ1) is 23.6. The first-order chi connectivity index (χ1) is 15.5. The third-order valence-corrected chi connectivity index (χ3v) is 5.04. The maximum absolute atomic E-state index is 14.6. The van der Waals surface area contributed by atoms with E-state index >= 15 is 0 Å². The number of benzene rings is 2. The molecule has 0 radical (unpaired) electrons. The molecule has 0 aliphatic carbocycles. The van der Waals surface area contributed by atoms with Crippen LogP contribution in [0.2, 0.25) is 0 Å². The van der Waals surface area contributed by atoms with Crippen LogP contribution in [0.5, 0.6) is 0 Å². The highest BCUT2D eigenvalue weighted by Crippen LogP contribution is 2.24. The molecule has 1 aliphatic rings. The van der Waals surface area contributed by atoms with Crippen LogP contribution in [0.4, 0.5) is 10.1 Å². The molecule has 7 nitrogen and oxygen atoms in total. The molecule has 0 amide bonds. The van der Waals surface area contributed by atoms with Gasteiger partial charge >= 0.3 is 5.97 Å². The maximum atomic E-state index is 14.6. The monoisotopic (exact) mass is 442 g/mol. The molecule has 3 rings (SSSR count). The molecule has 1 saturated heterocycles. The summed E-state index contributed by atoms with van der Waals surface area (Å²) in [5, 5.41) is 20.3. The Morgan fingerprint density at radius 1 is 1.25 bits per heavy atom. The SMILES string of the molecule is CCOC(=O)C(C=Nc1ccccc1CO)=C(O)c1cc(CN2CCOCC2)ccc1F. The molecule has 1 aliphatic heterocycles. The van der Waals surface area contributed by atoms with Crippen LogP contribution >= 0.6 is 0 Å². The minimum atomic E-state index is -0.826. The van der Waals surface area contributed by atoms with Crippen molar-refractivity contribution < 1.29 is 28.9 Å². The minimum Gasteiger partial charge on any atom is -0.506 e. The van der Waals surface area contributed by atoms with E-state index in [0.29, 0.717) is 31.0 Å². The summed E-state index contributed by atoms with van der Waals surface area (Å²) in [6.45, 7) is 4.84. The molecular formula is C24H27FN2O5. The fourth-order valence-corrected chi connectivity index (χ4v) is 3.34. The van der Waals surface area contributed by atoms with Crippen LogP contribution in [-0.4, -0.2) is 60.2 Å². The summed E-state index contributed by atoms with van der Waals surface area (Å²) < 4.78 is 25.0. The molecule has 1 fully saturated rings. The van der Waals surface area contributed by atoms with E-state index in [1.54, 1.807) is 37.3 Å². The predicted octanol–water partition coefficient (Wildman–Crippen LogP) is 3.38. The highest BCUT2D eigenvalue weighted by Gasteiger charge is 2.20. The molecule has 0 saturated carbocycles. The second kappa shape index (κ2) is 11.5. The second-order valence-electron chi connectivity index (χ2n) is 7.23. The van der Waals surface area contributed by atoms with Crippen molar-refractivity contribution in [3.05, 3.63) is 70.5 Å². The number of halogens is 1. The number of carbonyl (C=O) groups is 1. The molecule has 2 aromatic carbocycles. The van der Waals surface area contributed by atoms with Crippen molar-refractivity contribution in [3.8, 4) is 0 Å². The molecule has 2 aromatic rings. The average Bonchev–Trinajstić information content (AvgIpc) is 2.81. The van der Waals surface area contributed by atoms with E-state index < -0.39 is 17.5 Å². The summed E-state index contributed by atoms with van der Waals surface area (Å²) in [5.74, 6) is -2.05. The number of morpholine rings is 1. The predicted molar refractivity (Wildman–Crippen MR) is 119 cm³/mol. The topological polar surface area (TPSA) is 91.6 Å². The molecule has 170 valence electrons. The number of aliphatic hydroxyl groups excluding tert-OH is 2. The zero-order valence-corrected chi connectivity index (χ0v) is 18.0. The van der Waals surface area contributed by atoms with Crippen LogP contribution in [0.25, 0.3) is 5.76 Å². The highest BCUT2D eigenvalue weighted by atomic mass is 19.1. The highest BCUT2D eigenvalue weighted by molar-refractivity contribution is 6.15. The summed E-state index contributed by atoms with van der Waals surface area (Å²) in [5.41, 5.74) is 1.37. The lowest BCUT2D eigenvalue weighted by atomic mass is 10.0. The number of rotatable bonds is 8.